The molecule has 0 spiro atoms. The molecule has 26 nitrogen and oxygen atoms in total. The zero-order chi connectivity index (χ0) is 41.9. The summed E-state index contributed by atoms with van der Waals surface area (Å²) in [4.78, 5) is 127. The number of carbonyl (C=O) groups is 10. The number of hydrogen-bond acceptors (Lipinski definition) is 13. The number of aliphatic carboxylic acids is 3. The van der Waals surface area contributed by atoms with Gasteiger partial charge in [0.1, 0.15) is 24.7 Å². The average molecular weight is 789 g/mol. The summed E-state index contributed by atoms with van der Waals surface area (Å²) in [5.74, 6) is -10.1. The molecule has 0 aromatic heterocycles. The number of carboxylic acids is 3. The maximum atomic E-state index is 12.9. The molecule has 0 radical (unpaired) electrons. The van der Waals surface area contributed by atoms with E-state index in [0.29, 0.717) is 0 Å². The van der Waals surface area contributed by atoms with Gasteiger partial charge in [-0.2, -0.15) is 0 Å². The molecular weight excluding hydrogens is 740 g/mol. The van der Waals surface area contributed by atoms with Crippen molar-refractivity contribution in [1.29, 1.82) is 0 Å². The number of hydrogen-bond donors (Lipinski definition) is 13. The quantitative estimate of drug-likeness (QED) is 0.0145. The van der Waals surface area contributed by atoms with E-state index in [4.69, 9.17) is 38.3 Å². The summed E-state index contributed by atoms with van der Waals surface area (Å²) in [6, 6.07) is -5.81. The zero-order valence-electron chi connectivity index (χ0n) is 29.6. The van der Waals surface area contributed by atoms with Crippen LogP contribution in [0.15, 0.2) is 9.98 Å². The van der Waals surface area contributed by atoms with E-state index in [-0.39, 0.29) is 76.4 Å². The molecule has 0 aliphatic rings. The Morgan fingerprint density at radius 2 is 0.982 bits per heavy atom. The number of nitrogens with one attached hydrogen (secondary N) is 6. The van der Waals surface area contributed by atoms with Crippen LogP contribution in [-0.4, -0.2) is 144 Å². The van der Waals surface area contributed by atoms with Crippen LogP contribution in [0.4, 0.5) is 0 Å². The number of guanidine groups is 2. The second-order valence-electron chi connectivity index (χ2n) is 11.4. The highest BCUT2D eigenvalue weighted by atomic mass is 16.5. The van der Waals surface area contributed by atoms with Gasteiger partial charge in [0.15, 0.2) is 18.0 Å². The largest absolute Gasteiger partial charge is 0.481 e. The SMILES string of the molecule is NC(N)=NCCC[C@H](NC(=O)CCCC(=O)N[C@@H](CCCN=C(N)N)C(=O)NCC(=O)N[C@@H](CC(=O)O)C(=O)O)C(=O)NCC(=O)N[C@@H](COC=O)C(=O)O. The maximum Gasteiger partial charge on any atom is 0.329 e. The van der Waals surface area contributed by atoms with Gasteiger partial charge in [-0.3, -0.25) is 48.3 Å². The fraction of sp³-hybridized carbons (Fsp3) is 0.586. The predicted molar refractivity (Wildman–Crippen MR) is 187 cm³/mol. The molecule has 0 unspecified atom stereocenters. The number of amides is 6. The molecule has 0 fully saturated rings. The Labute approximate surface area is 313 Å². The van der Waals surface area contributed by atoms with Crippen molar-refractivity contribution >= 4 is 71.7 Å². The van der Waals surface area contributed by atoms with Gasteiger partial charge < -0.3 is 74.9 Å². The zero-order valence-corrected chi connectivity index (χ0v) is 29.6. The summed E-state index contributed by atoms with van der Waals surface area (Å²) >= 11 is 0. The minimum atomic E-state index is -1.76. The Morgan fingerprint density at radius 1 is 0.582 bits per heavy atom. The van der Waals surface area contributed by atoms with E-state index in [0.717, 1.165) is 0 Å². The Kier molecular flexibility index (Phi) is 23.6. The summed E-state index contributed by atoms with van der Waals surface area (Å²) in [6.07, 6.45) is -1.21. The van der Waals surface area contributed by atoms with Crippen molar-refractivity contribution in [1.82, 2.24) is 31.9 Å². The number of carboxylic acid groups (broad SMARTS) is 3. The Morgan fingerprint density at radius 3 is 1.35 bits per heavy atom. The number of carbonyl (C=O) groups excluding carboxylic acids is 7. The first-order chi connectivity index (χ1) is 25.9. The molecule has 0 saturated heterocycles. The maximum absolute atomic E-state index is 12.9. The van der Waals surface area contributed by atoms with E-state index >= 15 is 0 Å². The molecule has 0 aliphatic carbocycles. The first kappa shape index (κ1) is 48.2. The van der Waals surface area contributed by atoms with Crippen molar-refractivity contribution in [3.63, 3.8) is 0 Å². The van der Waals surface area contributed by atoms with Crippen molar-refractivity contribution in [2.24, 2.45) is 32.9 Å². The third-order valence-electron chi connectivity index (χ3n) is 6.82. The molecule has 55 heavy (non-hydrogen) atoms. The number of rotatable bonds is 29. The van der Waals surface area contributed by atoms with Crippen LogP contribution < -0.4 is 54.8 Å². The molecule has 0 aromatic carbocycles. The van der Waals surface area contributed by atoms with Crippen molar-refractivity contribution in [2.45, 2.75) is 75.5 Å². The molecule has 0 bridgehead atoms. The van der Waals surface area contributed by atoms with Crippen LogP contribution >= 0.6 is 0 Å². The van der Waals surface area contributed by atoms with Crippen molar-refractivity contribution < 1.29 is 68.0 Å². The first-order valence-electron chi connectivity index (χ1n) is 16.4. The summed E-state index contributed by atoms with van der Waals surface area (Å²) in [6.45, 7) is -1.99. The van der Waals surface area contributed by atoms with Gasteiger partial charge in [-0.05, 0) is 32.1 Å². The van der Waals surface area contributed by atoms with Crippen LogP contribution in [0.5, 0.6) is 0 Å². The Hall–Kier alpha value is -6.76. The molecule has 0 saturated carbocycles. The molecule has 6 amide bonds. The standard InChI is InChI=1S/C29H48N12O14/c30-28(31)34-8-2-4-15(24(49)36-11-21(45)40-17(26(51)52)10-23(47)48)38-19(43)6-1-7-20(44)39-16(5-3-9-35-29(32)33)25(50)37-12-22(46)41-18(27(53)54)13-55-14-42/h14-18H,1-13H2,(H,36,49)(H,37,50)(H,38,43)(H,39,44)(H,40,45)(H,41,46)(H,47,48)(H,51,52)(H,53,54)(H4,30,31,34)(H4,32,33,35)/t15-,16-,17-,18-/m0/s1. The topological polar surface area (TPSA) is 442 Å². The summed E-state index contributed by atoms with van der Waals surface area (Å²) in [5, 5.41) is 40.5. The van der Waals surface area contributed by atoms with Gasteiger partial charge in [-0.1, -0.05) is 0 Å². The van der Waals surface area contributed by atoms with Crippen LogP contribution in [0, 0.1) is 0 Å². The van der Waals surface area contributed by atoms with Gasteiger partial charge in [0, 0.05) is 25.9 Å². The monoisotopic (exact) mass is 788 g/mol. The predicted octanol–water partition coefficient (Wildman–Crippen LogP) is -6.75. The minimum absolute atomic E-state index is 0.00737. The molecule has 0 aliphatic heterocycles. The van der Waals surface area contributed by atoms with E-state index in [1.54, 1.807) is 0 Å². The first-order valence-corrected chi connectivity index (χ1v) is 16.4. The molecule has 26 heteroatoms. The van der Waals surface area contributed by atoms with E-state index in [1.165, 1.54) is 0 Å². The van der Waals surface area contributed by atoms with E-state index in [2.05, 4.69) is 41.3 Å². The Balaban J connectivity index is 5.34. The molecule has 0 heterocycles. The lowest BCUT2D eigenvalue weighted by molar-refractivity contribution is -0.147. The van der Waals surface area contributed by atoms with Gasteiger partial charge >= 0.3 is 17.9 Å². The fourth-order valence-electron chi connectivity index (χ4n) is 4.24. The number of nitrogens with zero attached hydrogens (tertiary/aromatic N) is 2. The van der Waals surface area contributed by atoms with Crippen molar-refractivity contribution in [2.75, 3.05) is 32.8 Å². The van der Waals surface area contributed by atoms with Gasteiger partial charge in [-0.15, -0.1) is 0 Å². The number of nitrogens with two attached hydrogens (primary N) is 4. The molecule has 4 atom stereocenters. The van der Waals surface area contributed by atoms with E-state index in [9.17, 15) is 47.9 Å². The lowest BCUT2D eigenvalue weighted by atomic mass is 10.1. The second kappa shape index (κ2) is 26.9. The number of aliphatic imine (C=N–C) groups is 2. The minimum Gasteiger partial charge on any atom is -0.481 e. The molecular formula is C29H48N12O14. The lowest BCUT2D eigenvalue weighted by Gasteiger charge is -2.20. The van der Waals surface area contributed by atoms with Crippen molar-refractivity contribution in [3.8, 4) is 0 Å². The summed E-state index contributed by atoms with van der Waals surface area (Å²) in [7, 11) is 0. The second-order valence-corrected chi connectivity index (χ2v) is 11.4. The van der Waals surface area contributed by atoms with E-state index in [1.807, 2.05) is 5.32 Å². The highest BCUT2D eigenvalue weighted by molar-refractivity contribution is 5.93. The van der Waals surface area contributed by atoms with E-state index < -0.39 is 104 Å². The average Bonchev–Trinajstić information content (AvgIpc) is 3.09. The van der Waals surface area contributed by atoms with Crippen LogP contribution in [0.2, 0.25) is 0 Å². The van der Waals surface area contributed by atoms with Gasteiger partial charge in [0.25, 0.3) is 6.47 Å². The van der Waals surface area contributed by atoms with Crippen LogP contribution in [-0.2, 0) is 52.7 Å². The molecule has 0 rings (SSSR count). The molecule has 0 aromatic rings. The third-order valence-corrected chi connectivity index (χ3v) is 6.82. The normalized spacial score (nSPS) is 12.4. The van der Waals surface area contributed by atoms with Crippen LogP contribution in [0.1, 0.15) is 51.4 Å². The van der Waals surface area contributed by atoms with Gasteiger partial charge in [0.05, 0.1) is 19.5 Å². The van der Waals surface area contributed by atoms with Gasteiger partial charge in [0.2, 0.25) is 35.4 Å². The molecule has 308 valence electrons. The molecule has 17 N–H and O–H groups in total. The smallest absolute Gasteiger partial charge is 0.329 e. The Bertz CT molecular complexity index is 1430. The van der Waals surface area contributed by atoms with Crippen LogP contribution in [0.25, 0.3) is 0 Å². The van der Waals surface area contributed by atoms with Gasteiger partial charge in [-0.25, -0.2) is 9.59 Å². The summed E-state index contributed by atoms with van der Waals surface area (Å²) < 4.78 is 4.35. The highest BCUT2D eigenvalue weighted by Gasteiger charge is 2.26. The van der Waals surface area contributed by atoms with Crippen molar-refractivity contribution in [3.05, 3.63) is 0 Å². The fourth-order valence-corrected chi connectivity index (χ4v) is 4.24. The summed E-state index contributed by atoms with van der Waals surface area (Å²) in [5.41, 5.74) is 21.2. The number of ether oxygens (including phenoxy) is 1. The highest BCUT2D eigenvalue weighted by Crippen LogP contribution is 2.04. The third kappa shape index (κ3) is 24.2. The lowest BCUT2D eigenvalue weighted by Crippen LogP contribution is -2.51. The van der Waals surface area contributed by atoms with Crippen LogP contribution in [0.3, 0.4) is 0 Å².